The number of aliphatic hydroxyl groups is 1. The first kappa shape index (κ1) is 13.3. The normalized spacial score (nSPS) is 12.4. The molecule has 0 fully saturated rings. The third-order valence-electron chi connectivity index (χ3n) is 2.72. The minimum atomic E-state index is -0.555. The molecule has 0 saturated carbocycles. The van der Waals surface area contributed by atoms with Crippen molar-refractivity contribution in [1.29, 1.82) is 0 Å². The van der Waals surface area contributed by atoms with Crippen molar-refractivity contribution >= 4 is 23.2 Å². The van der Waals surface area contributed by atoms with Gasteiger partial charge in [0.15, 0.2) is 0 Å². The molecule has 1 atom stereocenters. The Labute approximate surface area is 116 Å². The Bertz CT molecular complexity index is 516. The van der Waals surface area contributed by atoms with Crippen LogP contribution in [0.1, 0.15) is 23.8 Å². The van der Waals surface area contributed by atoms with E-state index in [1.807, 2.05) is 30.3 Å². The van der Waals surface area contributed by atoms with Gasteiger partial charge in [-0.15, -0.1) is 0 Å². The van der Waals surface area contributed by atoms with E-state index in [1.165, 1.54) is 0 Å². The molecule has 1 aromatic heterocycles. The molecule has 2 aromatic rings. The number of aliphatic hydroxyl groups excluding tert-OH is 1. The molecule has 4 heteroatoms. The van der Waals surface area contributed by atoms with Gasteiger partial charge >= 0.3 is 0 Å². The maximum absolute atomic E-state index is 9.98. The summed E-state index contributed by atoms with van der Waals surface area (Å²) in [5.74, 6) is 0. The van der Waals surface area contributed by atoms with Crippen LogP contribution in [0.2, 0.25) is 10.0 Å². The Morgan fingerprint density at radius 2 is 1.94 bits per heavy atom. The molecule has 2 nitrogen and oxygen atoms in total. The highest BCUT2D eigenvalue weighted by atomic mass is 35.5. The van der Waals surface area contributed by atoms with Gasteiger partial charge in [-0.05, 0) is 42.7 Å². The second-order valence-electron chi connectivity index (χ2n) is 4.06. The molecule has 0 bridgehead atoms. The predicted molar refractivity (Wildman–Crippen MR) is 74.0 cm³/mol. The summed E-state index contributed by atoms with van der Waals surface area (Å²) in [7, 11) is 0. The first-order valence-electron chi connectivity index (χ1n) is 5.70. The van der Waals surface area contributed by atoms with Crippen LogP contribution in [0.3, 0.4) is 0 Å². The van der Waals surface area contributed by atoms with Crippen molar-refractivity contribution in [3.63, 3.8) is 0 Å². The van der Waals surface area contributed by atoms with Crippen LogP contribution in [0.25, 0.3) is 0 Å². The van der Waals surface area contributed by atoms with Crippen LogP contribution in [0, 0.1) is 0 Å². The average Bonchev–Trinajstić information content (AvgIpc) is 2.41. The van der Waals surface area contributed by atoms with Crippen molar-refractivity contribution in [2.45, 2.75) is 18.9 Å². The van der Waals surface area contributed by atoms with Gasteiger partial charge in [-0.3, -0.25) is 4.98 Å². The Hall–Kier alpha value is -1.09. The quantitative estimate of drug-likeness (QED) is 0.917. The molecular weight excluding hydrogens is 269 g/mol. The van der Waals surface area contributed by atoms with Gasteiger partial charge in [0.2, 0.25) is 0 Å². The van der Waals surface area contributed by atoms with Crippen LogP contribution >= 0.6 is 23.2 Å². The van der Waals surface area contributed by atoms with Gasteiger partial charge in [-0.2, -0.15) is 0 Å². The van der Waals surface area contributed by atoms with E-state index in [0.717, 1.165) is 12.0 Å². The molecule has 1 N–H and O–H groups in total. The third kappa shape index (κ3) is 3.45. The van der Waals surface area contributed by atoms with E-state index in [4.69, 9.17) is 23.2 Å². The Morgan fingerprint density at radius 1 is 1.11 bits per heavy atom. The summed E-state index contributed by atoms with van der Waals surface area (Å²) >= 11 is 11.8. The number of hydrogen-bond donors (Lipinski definition) is 1. The van der Waals surface area contributed by atoms with E-state index >= 15 is 0 Å². The van der Waals surface area contributed by atoms with Gasteiger partial charge in [-0.1, -0.05) is 35.3 Å². The summed E-state index contributed by atoms with van der Waals surface area (Å²) in [6, 6.07) is 11.0. The molecule has 0 aliphatic heterocycles. The molecule has 0 aliphatic rings. The summed E-state index contributed by atoms with van der Waals surface area (Å²) in [5.41, 5.74) is 1.75. The molecule has 0 spiro atoms. The van der Waals surface area contributed by atoms with Crippen LogP contribution in [0.5, 0.6) is 0 Å². The fraction of sp³-hybridized carbons (Fsp3) is 0.214. The van der Waals surface area contributed by atoms with Gasteiger partial charge in [0.1, 0.15) is 0 Å². The SMILES string of the molecule is OC(CCc1ccc(Cl)c(Cl)c1)c1ccccn1. The molecule has 0 amide bonds. The lowest BCUT2D eigenvalue weighted by molar-refractivity contribution is 0.163. The Balaban J connectivity index is 1.97. The summed E-state index contributed by atoms with van der Waals surface area (Å²) < 4.78 is 0. The summed E-state index contributed by atoms with van der Waals surface area (Å²) in [6.45, 7) is 0. The highest BCUT2D eigenvalue weighted by Crippen LogP contribution is 2.24. The molecule has 0 radical (unpaired) electrons. The van der Waals surface area contributed by atoms with Gasteiger partial charge in [-0.25, -0.2) is 0 Å². The third-order valence-corrected chi connectivity index (χ3v) is 3.46. The van der Waals surface area contributed by atoms with Crippen molar-refractivity contribution in [1.82, 2.24) is 4.98 Å². The molecule has 2 rings (SSSR count). The first-order chi connectivity index (χ1) is 8.66. The predicted octanol–water partition coefficient (Wildman–Crippen LogP) is 4.05. The zero-order valence-corrected chi connectivity index (χ0v) is 11.2. The number of benzene rings is 1. The number of halogens is 2. The maximum Gasteiger partial charge on any atom is 0.0962 e. The molecule has 0 saturated heterocycles. The van der Waals surface area contributed by atoms with Crippen molar-refractivity contribution < 1.29 is 5.11 Å². The molecule has 94 valence electrons. The first-order valence-corrected chi connectivity index (χ1v) is 6.45. The summed E-state index contributed by atoms with van der Waals surface area (Å²) in [6.07, 6.45) is 2.46. The summed E-state index contributed by atoms with van der Waals surface area (Å²) in [5, 5.41) is 11.1. The summed E-state index contributed by atoms with van der Waals surface area (Å²) in [4.78, 5) is 4.13. The van der Waals surface area contributed by atoms with E-state index in [2.05, 4.69) is 4.98 Å². The number of hydrogen-bond acceptors (Lipinski definition) is 2. The van der Waals surface area contributed by atoms with Crippen LogP contribution < -0.4 is 0 Å². The second kappa shape index (κ2) is 6.19. The topological polar surface area (TPSA) is 33.1 Å². The number of aromatic nitrogens is 1. The monoisotopic (exact) mass is 281 g/mol. The molecule has 1 unspecified atom stereocenters. The zero-order valence-electron chi connectivity index (χ0n) is 9.68. The number of nitrogens with zero attached hydrogens (tertiary/aromatic N) is 1. The lowest BCUT2D eigenvalue weighted by atomic mass is 10.0. The van der Waals surface area contributed by atoms with Crippen molar-refractivity contribution in [3.8, 4) is 0 Å². The van der Waals surface area contributed by atoms with Crippen molar-refractivity contribution in [2.75, 3.05) is 0 Å². The molecule has 18 heavy (non-hydrogen) atoms. The van der Waals surface area contributed by atoms with E-state index in [1.54, 1.807) is 12.3 Å². The van der Waals surface area contributed by atoms with Crippen LogP contribution in [-0.4, -0.2) is 10.1 Å². The highest BCUT2D eigenvalue weighted by molar-refractivity contribution is 6.42. The number of rotatable bonds is 4. The highest BCUT2D eigenvalue weighted by Gasteiger charge is 2.09. The fourth-order valence-corrected chi connectivity index (χ4v) is 2.04. The number of aryl methyl sites for hydroxylation is 1. The molecular formula is C14H13Cl2NO. The maximum atomic E-state index is 9.98. The molecule has 1 aromatic carbocycles. The zero-order chi connectivity index (χ0) is 13.0. The lowest BCUT2D eigenvalue weighted by Gasteiger charge is -2.10. The van der Waals surface area contributed by atoms with Gasteiger partial charge in [0, 0.05) is 6.20 Å². The van der Waals surface area contributed by atoms with Crippen molar-refractivity contribution in [3.05, 3.63) is 63.9 Å². The molecule has 1 heterocycles. The van der Waals surface area contributed by atoms with Gasteiger partial charge < -0.3 is 5.11 Å². The standard InChI is InChI=1S/C14H13Cl2NO/c15-11-6-4-10(9-12(11)16)5-7-14(18)13-3-1-2-8-17-13/h1-4,6,8-9,14,18H,5,7H2. The average molecular weight is 282 g/mol. The van der Waals surface area contributed by atoms with Crippen molar-refractivity contribution in [2.24, 2.45) is 0 Å². The van der Waals surface area contributed by atoms with E-state index in [9.17, 15) is 5.11 Å². The number of pyridine rings is 1. The fourth-order valence-electron chi connectivity index (χ4n) is 1.72. The second-order valence-corrected chi connectivity index (χ2v) is 4.87. The Kier molecular flexibility index (Phi) is 4.59. The smallest absolute Gasteiger partial charge is 0.0962 e. The van der Waals surface area contributed by atoms with Crippen LogP contribution in [-0.2, 0) is 6.42 Å². The van der Waals surface area contributed by atoms with E-state index < -0.39 is 6.10 Å². The largest absolute Gasteiger partial charge is 0.387 e. The van der Waals surface area contributed by atoms with E-state index in [-0.39, 0.29) is 0 Å². The minimum Gasteiger partial charge on any atom is -0.387 e. The Morgan fingerprint density at radius 3 is 2.61 bits per heavy atom. The molecule has 0 aliphatic carbocycles. The minimum absolute atomic E-state index is 0.543. The van der Waals surface area contributed by atoms with E-state index in [0.29, 0.717) is 22.2 Å². The van der Waals surface area contributed by atoms with Gasteiger partial charge in [0.05, 0.1) is 21.8 Å². The lowest BCUT2D eigenvalue weighted by Crippen LogP contribution is -2.01. The van der Waals surface area contributed by atoms with Gasteiger partial charge in [0.25, 0.3) is 0 Å². The van der Waals surface area contributed by atoms with Crippen LogP contribution in [0.4, 0.5) is 0 Å². The van der Waals surface area contributed by atoms with Crippen LogP contribution in [0.15, 0.2) is 42.6 Å².